The molecule has 10 heteroatoms. The summed E-state index contributed by atoms with van der Waals surface area (Å²) in [4.78, 5) is 22.3. The van der Waals surface area contributed by atoms with Gasteiger partial charge in [-0.1, -0.05) is 0 Å². The van der Waals surface area contributed by atoms with Crippen molar-refractivity contribution < 1.29 is 18.3 Å². The van der Waals surface area contributed by atoms with Crippen LogP contribution in [0.25, 0.3) is 0 Å². The van der Waals surface area contributed by atoms with Gasteiger partial charge in [-0.3, -0.25) is 0 Å². The lowest BCUT2D eigenvalue weighted by atomic mass is 10.3. The van der Waals surface area contributed by atoms with E-state index in [1.54, 1.807) is 0 Å². The lowest BCUT2D eigenvalue weighted by molar-refractivity contribution is 0.122. The number of nitrogens with zero attached hydrogens (tertiary/aromatic N) is 3. The SMILES string of the molecule is O=C(NCCNc1cc(N2CCOCC2)ncn1)Nc1ccc(F)c(F)c1. The van der Waals surface area contributed by atoms with E-state index < -0.39 is 17.7 Å². The quantitative estimate of drug-likeness (QED) is 0.665. The van der Waals surface area contributed by atoms with Crippen LogP contribution in [-0.4, -0.2) is 55.4 Å². The van der Waals surface area contributed by atoms with E-state index in [4.69, 9.17) is 4.74 Å². The number of carbonyl (C=O) groups is 1. The predicted molar refractivity (Wildman–Crippen MR) is 96.9 cm³/mol. The Balaban J connectivity index is 1.41. The zero-order chi connectivity index (χ0) is 19.1. The van der Waals surface area contributed by atoms with Crippen molar-refractivity contribution >= 4 is 23.4 Å². The summed E-state index contributed by atoms with van der Waals surface area (Å²) < 4.78 is 31.3. The molecule has 3 N–H and O–H groups in total. The first-order valence-electron chi connectivity index (χ1n) is 8.50. The van der Waals surface area contributed by atoms with E-state index in [0.717, 1.165) is 31.0 Å². The van der Waals surface area contributed by atoms with E-state index in [9.17, 15) is 13.6 Å². The van der Waals surface area contributed by atoms with Gasteiger partial charge in [0.1, 0.15) is 18.0 Å². The molecule has 8 nitrogen and oxygen atoms in total. The molecule has 0 atom stereocenters. The molecule has 144 valence electrons. The Labute approximate surface area is 154 Å². The van der Waals surface area contributed by atoms with Gasteiger partial charge in [0.15, 0.2) is 11.6 Å². The van der Waals surface area contributed by atoms with Gasteiger partial charge in [-0.05, 0) is 12.1 Å². The van der Waals surface area contributed by atoms with Crippen LogP contribution >= 0.6 is 0 Å². The molecule has 2 amide bonds. The molecule has 0 spiro atoms. The lowest BCUT2D eigenvalue weighted by Gasteiger charge is -2.27. The fraction of sp³-hybridized carbons (Fsp3) is 0.353. The highest BCUT2D eigenvalue weighted by Crippen LogP contribution is 2.15. The first kappa shape index (κ1) is 18.8. The smallest absolute Gasteiger partial charge is 0.319 e. The van der Waals surface area contributed by atoms with Crippen LogP contribution in [0.2, 0.25) is 0 Å². The molecule has 3 rings (SSSR count). The van der Waals surface area contributed by atoms with Gasteiger partial charge in [-0.25, -0.2) is 23.5 Å². The molecule has 1 aliphatic heterocycles. The molecule has 0 unspecified atom stereocenters. The van der Waals surface area contributed by atoms with E-state index in [0.29, 0.717) is 32.1 Å². The third-order valence-corrected chi connectivity index (χ3v) is 3.88. The van der Waals surface area contributed by atoms with Crippen LogP contribution < -0.4 is 20.9 Å². The van der Waals surface area contributed by atoms with Crippen LogP contribution in [-0.2, 0) is 4.74 Å². The summed E-state index contributed by atoms with van der Waals surface area (Å²) in [6.07, 6.45) is 1.48. The number of halogens is 2. The Morgan fingerprint density at radius 1 is 1.11 bits per heavy atom. The number of urea groups is 1. The van der Waals surface area contributed by atoms with E-state index in [2.05, 4.69) is 30.8 Å². The number of aromatic nitrogens is 2. The monoisotopic (exact) mass is 378 g/mol. The number of hydrogen-bond donors (Lipinski definition) is 3. The van der Waals surface area contributed by atoms with Crippen molar-refractivity contribution in [3.05, 3.63) is 42.2 Å². The number of morpholine rings is 1. The number of anilines is 3. The molecule has 0 bridgehead atoms. The minimum absolute atomic E-state index is 0.172. The predicted octanol–water partition coefficient (Wildman–Crippen LogP) is 1.82. The maximum absolute atomic E-state index is 13.1. The summed E-state index contributed by atoms with van der Waals surface area (Å²) in [6.45, 7) is 3.65. The Bertz CT molecular complexity index is 786. The summed E-state index contributed by atoms with van der Waals surface area (Å²) in [5.74, 6) is -0.519. The molecule has 1 aromatic carbocycles. The topological polar surface area (TPSA) is 91.4 Å². The summed E-state index contributed by atoms with van der Waals surface area (Å²) in [5, 5.41) is 8.15. The van der Waals surface area contributed by atoms with Crippen LogP contribution in [0.5, 0.6) is 0 Å². The number of ether oxygens (including phenoxy) is 1. The average molecular weight is 378 g/mol. The van der Waals surface area contributed by atoms with Crippen LogP contribution in [0.3, 0.4) is 0 Å². The van der Waals surface area contributed by atoms with Crippen molar-refractivity contribution in [1.82, 2.24) is 15.3 Å². The average Bonchev–Trinajstić information content (AvgIpc) is 2.69. The van der Waals surface area contributed by atoms with E-state index in [1.807, 2.05) is 6.07 Å². The van der Waals surface area contributed by atoms with E-state index in [-0.39, 0.29) is 5.69 Å². The van der Waals surface area contributed by atoms with Crippen molar-refractivity contribution in [1.29, 1.82) is 0 Å². The van der Waals surface area contributed by atoms with Gasteiger partial charge in [0, 0.05) is 44.0 Å². The number of nitrogens with one attached hydrogen (secondary N) is 3. The van der Waals surface area contributed by atoms with Gasteiger partial charge < -0.3 is 25.6 Å². The van der Waals surface area contributed by atoms with Crippen molar-refractivity contribution in [3.8, 4) is 0 Å². The van der Waals surface area contributed by atoms with Gasteiger partial charge in [0.05, 0.1) is 13.2 Å². The molecule has 0 aliphatic carbocycles. The zero-order valence-corrected chi connectivity index (χ0v) is 14.5. The number of amides is 2. The standard InChI is InChI=1S/C17H20F2N6O2/c18-13-2-1-12(9-14(13)19)24-17(26)21-4-3-20-15-10-16(23-11-22-15)25-5-7-27-8-6-25/h1-2,9-11H,3-8H2,(H,20,22,23)(H2,21,24,26). The second-order valence-electron chi connectivity index (χ2n) is 5.80. The van der Waals surface area contributed by atoms with E-state index >= 15 is 0 Å². The van der Waals surface area contributed by atoms with Crippen LogP contribution in [0.15, 0.2) is 30.6 Å². The minimum atomic E-state index is -1.02. The third kappa shape index (κ3) is 5.48. The Kier molecular flexibility index (Phi) is 6.31. The third-order valence-electron chi connectivity index (χ3n) is 3.88. The molecule has 1 saturated heterocycles. The number of rotatable bonds is 6. The van der Waals surface area contributed by atoms with Crippen LogP contribution in [0.1, 0.15) is 0 Å². The van der Waals surface area contributed by atoms with Crippen molar-refractivity contribution in [2.75, 3.05) is 54.9 Å². The summed E-state index contributed by atoms with van der Waals surface area (Å²) in [6, 6.07) is 4.48. The number of hydrogen-bond acceptors (Lipinski definition) is 6. The number of carbonyl (C=O) groups excluding carboxylic acids is 1. The normalized spacial score (nSPS) is 13.9. The molecule has 1 aliphatic rings. The Hall–Kier alpha value is -3.01. The maximum Gasteiger partial charge on any atom is 0.319 e. The first-order chi connectivity index (χ1) is 13.1. The highest BCUT2D eigenvalue weighted by molar-refractivity contribution is 5.89. The second-order valence-corrected chi connectivity index (χ2v) is 5.80. The highest BCUT2D eigenvalue weighted by atomic mass is 19.2. The van der Waals surface area contributed by atoms with Crippen molar-refractivity contribution in [2.24, 2.45) is 0 Å². The molecule has 0 saturated carbocycles. The molecule has 27 heavy (non-hydrogen) atoms. The van der Waals surface area contributed by atoms with Gasteiger partial charge in [-0.2, -0.15) is 0 Å². The molecular formula is C17H20F2N6O2. The largest absolute Gasteiger partial charge is 0.378 e. The molecule has 1 aromatic heterocycles. The Morgan fingerprint density at radius 2 is 1.93 bits per heavy atom. The van der Waals surface area contributed by atoms with Gasteiger partial charge in [0.2, 0.25) is 0 Å². The van der Waals surface area contributed by atoms with Gasteiger partial charge >= 0.3 is 6.03 Å². The van der Waals surface area contributed by atoms with Crippen LogP contribution in [0, 0.1) is 11.6 Å². The zero-order valence-electron chi connectivity index (χ0n) is 14.5. The lowest BCUT2D eigenvalue weighted by Crippen LogP contribution is -2.36. The van der Waals surface area contributed by atoms with Crippen molar-refractivity contribution in [3.63, 3.8) is 0 Å². The molecular weight excluding hydrogens is 358 g/mol. The fourth-order valence-corrected chi connectivity index (χ4v) is 2.52. The maximum atomic E-state index is 13.1. The van der Waals surface area contributed by atoms with Gasteiger partial charge in [-0.15, -0.1) is 0 Å². The van der Waals surface area contributed by atoms with Crippen molar-refractivity contribution in [2.45, 2.75) is 0 Å². The second kappa shape index (κ2) is 9.08. The van der Waals surface area contributed by atoms with E-state index in [1.165, 1.54) is 12.4 Å². The molecule has 2 heterocycles. The summed E-state index contributed by atoms with van der Waals surface area (Å²) in [5.41, 5.74) is 0.172. The number of benzene rings is 1. The first-order valence-corrected chi connectivity index (χ1v) is 8.50. The fourth-order valence-electron chi connectivity index (χ4n) is 2.52. The molecule has 2 aromatic rings. The summed E-state index contributed by atoms with van der Waals surface area (Å²) in [7, 11) is 0. The van der Waals surface area contributed by atoms with Gasteiger partial charge in [0.25, 0.3) is 0 Å². The minimum Gasteiger partial charge on any atom is -0.378 e. The van der Waals surface area contributed by atoms with Crippen LogP contribution in [0.4, 0.5) is 30.9 Å². The summed E-state index contributed by atoms with van der Waals surface area (Å²) >= 11 is 0. The highest BCUT2D eigenvalue weighted by Gasteiger charge is 2.13. The molecule has 1 fully saturated rings. The Morgan fingerprint density at radius 3 is 2.70 bits per heavy atom. The molecule has 0 radical (unpaired) electrons.